The van der Waals surface area contributed by atoms with Crippen molar-refractivity contribution < 1.29 is 25.3 Å². The van der Waals surface area contributed by atoms with E-state index in [0.717, 1.165) is 0 Å². The van der Waals surface area contributed by atoms with E-state index in [2.05, 4.69) is 15.0 Å². The van der Waals surface area contributed by atoms with E-state index in [1.54, 1.807) is 0 Å². The summed E-state index contributed by atoms with van der Waals surface area (Å²) in [6, 6.07) is 0. The number of ether oxygens (including phenoxy) is 1. The van der Waals surface area contributed by atoms with Crippen molar-refractivity contribution in [2.24, 2.45) is 0 Å². The van der Waals surface area contributed by atoms with E-state index in [9.17, 15) is 15.3 Å². The molecule has 10 nitrogen and oxygen atoms in total. The summed E-state index contributed by atoms with van der Waals surface area (Å²) in [7, 11) is 0. The van der Waals surface area contributed by atoms with E-state index in [4.69, 9.17) is 9.94 Å². The predicted octanol–water partition coefficient (Wildman–Crippen LogP) is -1.37. The summed E-state index contributed by atoms with van der Waals surface area (Å²) in [6.07, 6.45) is -0.605. The molecule has 1 saturated heterocycles. The lowest BCUT2D eigenvalue weighted by molar-refractivity contribution is -0.0950. The molecule has 3 heterocycles. The van der Waals surface area contributed by atoms with Crippen molar-refractivity contribution in [1.29, 1.82) is 0 Å². The Balaban J connectivity index is 2.09. The molecule has 10 heteroatoms. The van der Waals surface area contributed by atoms with Gasteiger partial charge in [-0.2, -0.15) is 0 Å². The van der Waals surface area contributed by atoms with Gasteiger partial charge in [0.25, 0.3) is 0 Å². The first kappa shape index (κ1) is 14.1. The molecule has 4 atom stereocenters. The van der Waals surface area contributed by atoms with Crippen molar-refractivity contribution in [3.05, 3.63) is 12.7 Å². The number of nitrogens with one attached hydrogen (secondary N) is 1. The fraction of sp³-hybridized carbons (Fsp3) is 0.545. The maximum absolute atomic E-state index is 10.4. The minimum Gasteiger partial charge on any atom is -0.394 e. The third-order valence-electron chi connectivity index (χ3n) is 3.65. The van der Waals surface area contributed by atoms with Crippen LogP contribution in [0, 0.1) is 0 Å². The van der Waals surface area contributed by atoms with E-state index in [-0.39, 0.29) is 11.3 Å². The number of anilines is 1. The van der Waals surface area contributed by atoms with E-state index < -0.39 is 30.6 Å². The molecule has 21 heavy (non-hydrogen) atoms. The lowest BCUT2D eigenvalue weighted by Crippen LogP contribution is -2.44. The summed E-state index contributed by atoms with van der Waals surface area (Å²) in [5, 5.41) is 38.6. The zero-order chi connectivity index (χ0) is 15.2. The molecule has 0 bridgehead atoms. The van der Waals surface area contributed by atoms with Gasteiger partial charge in [0.15, 0.2) is 23.2 Å². The zero-order valence-corrected chi connectivity index (χ0v) is 11.1. The van der Waals surface area contributed by atoms with E-state index in [1.165, 1.54) is 24.1 Å². The first-order valence-corrected chi connectivity index (χ1v) is 6.25. The minimum absolute atomic E-state index is 0.107. The lowest BCUT2D eigenvalue weighted by Gasteiger charge is -2.27. The fourth-order valence-corrected chi connectivity index (χ4v) is 2.50. The van der Waals surface area contributed by atoms with E-state index >= 15 is 0 Å². The standard InChI is InChI=1S/C11H15N5O5/c1-11(19)7(18)5(2-17)21-10(11)16-4-14-6-8(15-20)12-3-13-9(6)16/h3-5,7,10,17-20H,2H2,1H3,(H,12,13,15)/t5-,7-,10+,11?/m1/s1. The normalized spacial score (nSPS) is 32.7. The Labute approximate surface area is 118 Å². The molecule has 2 aromatic heterocycles. The fourth-order valence-electron chi connectivity index (χ4n) is 2.50. The average Bonchev–Trinajstić information content (AvgIpc) is 2.99. The van der Waals surface area contributed by atoms with Gasteiger partial charge in [-0.15, -0.1) is 0 Å². The molecular formula is C11H15N5O5. The van der Waals surface area contributed by atoms with Crippen LogP contribution in [0.25, 0.3) is 11.2 Å². The Kier molecular flexibility index (Phi) is 3.26. The van der Waals surface area contributed by atoms with Crippen LogP contribution >= 0.6 is 0 Å². The van der Waals surface area contributed by atoms with Crippen LogP contribution in [0.1, 0.15) is 13.2 Å². The van der Waals surface area contributed by atoms with Gasteiger partial charge in [-0.25, -0.2) is 15.0 Å². The number of imidazole rings is 1. The topological polar surface area (TPSA) is 146 Å². The van der Waals surface area contributed by atoms with Crippen molar-refractivity contribution in [2.45, 2.75) is 31.0 Å². The molecule has 1 aliphatic rings. The molecule has 1 unspecified atom stereocenters. The summed E-state index contributed by atoms with van der Waals surface area (Å²) < 4.78 is 6.91. The predicted molar refractivity (Wildman–Crippen MR) is 68.4 cm³/mol. The Bertz CT molecular complexity index is 659. The first-order valence-electron chi connectivity index (χ1n) is 6.25. The number of hydrogen-bond acceptors (Lipinski definition) is 9. The maximum Gasteiger partial charge on any atom is 0.181 e. The Morgan fingerprint density at radius 1 is 1.43 bits per heavy atom. The van der Waals surface area contributed by atoms with Gasteiger partial charge in [0.1, 0.15) is 24.1 Å². The van der Waals surface area contributed by atoms with Gasteiger partial charge >= 0.3 is 0 Å². The quantitative estimate of drug-likeness (QED) is 0.433. The highest BCUT2D eigenvalue weighted by atomic mass is 16.6. The molecule has 0 saturated carbocycles. The number of aliphatic hydroxyl groups is 3. The van der Waals surface area contributed by atoms with Crippen LogP contribution < -0.4 is 5.48 Å². The van der Waals surface area contributed by atoms with Crippen molar-refractivity contribution in [3.8, 4) is 0 Å². The van der Waals surface area contributed by atoms with Crippen molar-refractivity contribution in [2.75, 3.05) is 12.1 Å². The number of fused-ring (bicyclic) bond motifs is 1. The largest absolute Gasteiger partial charge is 0.394 e. The third kappa shape index (κ3) is 1.96. The molecule has 0 radical (unpaired) electrons. The molecule has 5 N–H and O–H groups in total. The van der Waals surface area contributed by atoms with Crippen LogP contribution in [0.3, 0.4) is 0 Å². The molecule has 3 rings (SSSR count). The molecule has 114 valence electrons. The van der Waals surface area contributed by atoms with Gasteiger partial charge in [-0.3, -0.25) is 15.3 Å². The molecule has 0 amide bonds. The SMILES string of the molecule is CC1(O)[C@H](O)[C@@H](CO)O[C@@H]1n1cnc2c(NO)ncnc21. The summed E-state index contributed by atoms with van der Waals surface area (Å²) in [4.78, 5) is 11.9. The second kappa shape index (κ2) is 4.86. The van der Waals surface area contributed by atoms with Gasteiger partial charge in [0.2, 0.25) is 0 Å². The summed E-state index contributed by atoms with van der Waals surface area (Å²) in [6.45, 7) is 0.967. The van der Waals surface area contributed by atoms with Crippen LogP contribution in [0.5, 0.6) is 0 Å². The van der Waals surface area contributed by atoms with Crippen LogP contribution in [0.15, 0.2) is 12.7 Å². The second-order valence-electron chi connectivity index (χ2n) is 5.04. The molecule has 0 aliphatic carbocycles. The monoisotopic (exact) mass is 297 g/mol. The maximum atomic E-state index is 10.4. The molecule has 0 spiro atoms. The summed E-state index contributed by atoms with van der Waals surface area (Å²) >= 11 is 0. The Morgan fingerprint density at radius 2 is 2.19 bits per heavy atom. The van der Waals surface area contributed by atoms with Crippen LogP contribution in [-0.4, -0.2) is 64.5 Å². The van der Waals surface area contributed by atoms with Crippen LogP contribution in [0.4, 0.5) is 5.82 Å². The first-order chi connectivity index (χ1) is 10.0. The second-order valence-corrected chi connectivity index (χ2v) is 5.04. The Morgan fingerprint density at radius 3 is 2.81 bits per heavy atom. The van der Waals surface area contributed by atoms with Gasteiger partial charge in [0, 0.05) is 0 Å². The van der Waals surface area contributed by atoms with Gasteiger partial charge < -0.3 is 20.1 Å². The smallest absolute Gasteiger partial charge is 0.181 e. The van der Waals surface area contributed by atoms with E-state index in [0.29, 0.717) is 5.65 Å². The summed E-state index contributed by atoms with van der Waals surface area (Å²) in [5.41, 5.74) is 0.846. The molecular weight excluding hydrogens is 282 g/mol. The molecule has 2 aromatic rings. The number of hydrogen-bond donors (Lipinski definition) is 5. The van der Waals surface area contributed by atoms with Crippen molar-refractivity contribution >= 4 is 17.0 Å². The number of nitrogens with zero attached hydrogens (tertiary/aromatic N) is 4. The van der Waals surface area contributed by atoms with Crippen LogP contribution in [0.2, 0.25) is 0 Å². The van der Waals surface area contributed by atoms with Crippen LogP contribution in [-0.2, 0) is 4.74 Å². The highest BCUT2D eigenvalue weighted by molar-refractivity contribution is 5.82. The Hall–Kier alpha value is -1.85. The minimum atomic E-state index is -1.64. The lowest BCUT2D eigenvalue weighted by atomic mass is 9.96. The third-order valence-corrected chi connectivity index (χ3v) is 3.65. The van der Waals surface area contributed by atoms with Crippen molar-refractivity contribution in [3.63, 3.8) is 0 Å². The number of aliphatic hydroxyl groups excluding tert-OH is 2. The van der Waals surface area contributed by atoms with Gasteiger partial charge in [0.05, 0.1) is 12.9 Å². The van der Waals surface area contributed by atoms with E-state index in [1.807, 2.05) is 5.48 Å². The van der Waals surface area contributed by atoms with Gasteiger partial charge in [-0.05, 0) is 6.92 Å². The summed E-state index contributed by atoms with van der Waals surface area (Å²) in [5.74, 6) is 0.107. The number of rotatable bonds is 3. The van der Waals surface area contributed by atoms with Crippen molar-refractivity contribution in [1.82, 2.24) is 19.5 Å². The average molecular weight is 297 g/mol. The highest BCUT2D eigenvalue weighted by Crippen LogP contribution is 2.39. The molecule has 1 fully saturated rings. The highest BCUT2D eigenvalue weighted by Gasteiger charge is 2.53. The zero-order valence-electron chi connectivity index (χ0n) is 11.1. The molecule has 1 aliphatic heterocycles. The van der Waals surface area contributed by atoms with Gasteiger partial charge in [-0.1, -0.05) is 0 Å². The number of aromatic nitrogens is 4. The molecule has 0 aromatic carbocycles.